The van der Waals surface area contributed by atoms with Crippen LogP contribution in [0.5, 0.6) is 0 Å². The Morgan fingerprint density at radius 3 is 1.44 bits per heavy atom. The van der Waals surface area contributed by atoms with Crippen molar-refractivity contribution in [2.24, 2.45) is 0 Å². The Morgan fingerprint density at radius 1 is 0.610 bits per heavy atom. The molecular weight excluding hydrogens is 540 g/mol. The van der Waals surface area contributed by atoms with Gasteiger partial charge in [-0.25, -0.2) is 4.29 Å². The minimum atomic E-state index is -2.31. The second-order valence-electron chi connectivity index (χ2n) is 10.9. The number of hydrogen-bond acceptors (Lipinski definition) is 6. The molecule has 4 aromatic carbocycles. The average molecular weight is 575 g/mol. The van der Waals surface area contributed by atoms with Crippen LogP contribution in [0, 0.1) is 0 Å². The lowest BCUT2D eigenvalue weighted by molar-refractivity contribution is -0.395. The lowest BCUT2D eigenvalue weighted by Gasteiger charge is -2.61. The number of hydrogen-bond donors (Lipinski definition) is 4. The maximum absolute atomic E-state index is 12.9. The third-order valence-electron chi connectivity index (χ3n) is 8.22. The van der Waals surface area contributed by atoms with Crippen LogP contribution < -0.4 is 0 Å². The summed E-state index contributed by atoms with van der Waals surface area (Å²) in [6.45, 7) is 0. The fraction of sp³-hybridized carbons (Fsp3) is 0.294. The molecule has 6 nitrogen and oxygen atoms in total. The summed E-state index contributed by atoms with van der Waals surface area (Å²) >= 11 is 5.99. The summed E-state index contributed by atoms with van der Waals surface area (Å²) < 4.78 is 11.4. The molecule has 1 aliphatic heterocycles. The maximum atomic E-state index is 12.9. The predicted molar refractivity (Wildman–Crippen MR) is 157 cm³/mol. The van der Waals surface area contributed by atoms with E-state index in [0.717, 1.165) is 5.56 Å². The van der Waals surface area contributed by atoms with Crippen LogP contribution in [0.4, 0.5) is 0 Å². The summed E-state index contributed by atoms with van der Waals surface area (Å²) in [5.74, 6) is 0. The number of rotatable bonds is 10. The molecule has 0 amide bonds. The van der Waals surface area contributed by atoms with Gasteiger partial charge in [-0.2, -0.15) is 0 Å². The van der Waals surface area contributed by atoms with Crippen molar-refractivity contribution in [1.29, 1.82) is 0 Å². The second kappa shape index (κ2) is 12.4. The van der Waals surface area contributed by atoms with E-state index in [4.69, 9.17) is 20.9 Å². The zero-order valence-corrected chi connectivity index (χ0v) is 23.3. The molecule has 0 aromatic heterocycles. The quantitative estimate of drug-likeness (QED) is 0.224. The third-order valence-corrected chi connectivity index (χ3v) is 8.38. The number of aliphatic hydroxyl groups excluding tert-OH is 1. The SMILES string of the molecule is OC(Cc1ccccc1)[C@H]1O[C@H](OCl)[C@@](O)(Cc2ccccc2)[C@](O)(Cc2ccccc2)[C@@]1(O)Cc1ccccc1. The fourth-order valence-corrected chi connectivity index (χ4v) is 6.31. The van der Waals surface area contributed by atoms with Gasteiger partial charge in [-0.05, 0) is 22.3 Å². The van der Waals surface area contributed by atoms with E-state index in [0.29, 0.717) is 16.7 Å². The Bertz CT molecular complexity index is 1380. The summed E-state index contributed by atoms with van der Waals surface area (Å²) in [5.41, 5.74) is -3.91. The molecule has 4 N–H and O–H groups in total. The van der Waals surface area contributed by atoms with E-state index >= 15 is 0 Å². The zero-order chi connectivity index (χ0) is 28.9. The zero-order valence-electron chi connectivity index (χ0n) is 22.6. The highest BCUT2D eigenvalue weighted by Gasteiger charge is 2.73. The van der Waals surface area contributed by atoms with E-state index in [2.05, 4.69) is 0 Å². The van der Waals surface area contributed by atoms with Crippen molar-refractivity contribution in [2.45, 2.75) is 61.0 Å². The summed E-state index contributed by atoms with van der Waals surface area (Å²) in [4.78, 5) is 0. The largest absolute Gasteiger partial charge is 0.390 e. The maximum Gasteiger partial charge on any atom is 0.209 e. The molecule has 41 heavy (non-hydrogen) atoms. The first-order valence-electron chi connectivity index (χ1n) is 13.7. The van der Waals surface area contributed by atoms with Crippen LogP contribution in [0.25, 0.3) is 0 Å². The lowest BCUT2D eigenvalue weighted by Crippen LogP contribution is -2.83. The van der Waals surface area contributed by atoms with Gasteiger partial charge in [-0.3, -0.25) is 0 Å². The molecule has 214 valence electrons. The standard InChI is InChI=1S/C34H35ClO6/c35-41-31-33(38,23-27-17-9-3-10-18-27)34(39,24-28-19-11-4-12-20-28)32(37,22-26-15-7-2-8-16-26)30(40-31)29(36)21-25-13-5-1-6-14-25/h1-20,29-31,36-39H,21-24H2/t29?,30-,31-,32-,33+,34+/m1/s1. The number of halogens is 1. The van der Waals surface area contributed by atoms with Gasteiger partial charge in [0.05, 0.1) is 18.0 Å². The summed E-state index contributed by atoms with van der Waals surface area (Å²) in [6, 6.07) is 36.7. The van der Waals surface area contributed by atoms with E-state index in [1.807, 2.05) is 109 Å². The van der Waals surface area contributed by atoms with Gasteiger partial charge in [0.2, 0.25) is 6.29 Å². The monoisotopic (exact) mass is 574 g/mol. The molecule has 1 fully saturated rings. The van der Waals surface area contributed by atoms with Crippen molar-refractivity contribution in [3.63, 3.8) is 0 Å². The highest BCUT2D eigenvalue weighted by atomic mass is 35.5. The molecule has 4 aromatic rings. The molecule has 1 unspecified atom stereocenters. The Labute approximate surface area is 245 Å². The van der Waals surface area contributed by atoms with Crippen LogP contribution in [0.2, 0.25) is 0 Å². The Morgan fingerprint density at radius 2 is 1.00 bits per heavy atom. The Hall–Kier alpha value is -3.07. The van der Waals surface area contributed by atoms with E-state index < -0.39 is 35.3 Å². The van der Waals surface area contributed by atoms with Crippen molar-refractivity contribution in [2.75, 3.05) is 0 Å². The molecule has 1 aliphatic rings. The topological polar surface area (TPSA) is 99.4 Å². The first-order valence-corrected chi connectivity index (χ1v) is 14.0. The molecular formula is C34H35ClO6. The Balaban J connectivity index is 1.68. The number of aliphatic hydroxyl groups is 4. The van der Waals surface area contributed by atoms with Crippen molar-refractivity contribution < 1.29 is 29.5 Å². The summed E-state index contributed by atoms with van der Waals surface area (Å²) in [5, 5.41) is 50.0. The minimum absolute atomic E-state index is 0.121. The summed E-state index contributed by atoms with van der Waals surface area (Å²) in [7, 11) is 0. The molecule has 0 bridgehead atoms. The van der Waals surface area contributed by atoms with Crippen LogP contribution in [0.1, 0.15) is 22.3 Å². The van der Waals surface area contributed by atoms with E-state index in [1.54, 1.807) is 12.1 Å². The molecule has 1 saturated heterocycles. The minimum Gasteiger partial charge on any atom is -0.390 e. The van der Waals surface area contributed by atoms with Gasteiger partial charge >= 0.3 is 0 Å². The Kier molecular flexibility index (Phi) is 8.92. The molecule has 0 saturated carbocycles. The van der Waals surface area contributed by atoms with E-state index in [9.17, 15) is 20.4 Å². The van der Waals surface area contributed by atoms with Crippen LogP contribution in [-0.2, 0) is 34.7 Å². The van der Waals surface area contributed by atoms with Gasteiger partial charge < -0.3 is 25.2 Å². The van der Waals surface area contributed by atoms with Gasteiger partial charge in [0.1, 0.15) is 17.3 Å². The first kappa shape index (κ1) is 29.4. The predicted octanol–water partition coefficient (Wildman–Crippen LogP) is 4.41. The first-order chi connectivity index (χ1) is 19.8. The van der Waals surface area contributed by atoms with E-state index in [1.165, 1.54) is 0 Å². The van der Waals surface area contributed by atoms with Crippen molar-refractivity contribution in [3.8, 4) is 0 Å². The average Bonchev–Trinajstić information content (AvgIpc) is 2.98. The van der Waals surface area contributed by atoms with Gasteiger partial charge in [-0.1, -0.05) is 121 Å². The molecule has 6 atom stereocenters. The van der Waals surface area contributed by atoms with Crippen molar-refractivity contribution >= 4 is 11.9 Å². The van der Waals surface area contributed by atoms with Gasteiger partial charge in [0, 0.05) is 25.7 Å². The number of benzene rings is 4. The second-order valence-corrected chi connectivity index (χ2v) is 11.1. The number of ether oxygens (including phenoxy) is 1. The lowest BCUT2D eigenvalue weighted by atomic mass is 9.59. The molecule has 0 aliphatic carbocycles. The highest BCUT2D eigenvalue weighted by molar-refractivity contribution is 6.07. The van der Waals surface area contributed by atoms with Crippen molar-refractivity contribution in [1.82, 2.24) is 0 Å². The molecule has 5 rings (SSSR count). The highest BCUT2D eigenvalue weighted by Crippen LogP contribution is 2.51. The smallest absolute Gasteiger partial charge is 0.209 e. The fourth-order valence-electron chi connectivity index (χ4n) is 6.12. The summed E-state index contributed by atoms with van der Waals surface area (Å²) in [6.07, 6.45) is -4.59. The van der Waals surface area contributed by atoms with Gasteiger partial charge in [0.15, 0.2) is 5.60 Å². The van der Waals surface area contributed by atoms with Crippen LogP contribution in [0.3, 0.4) is 0 Å². The molecule has 1 heterocycles. The van der Waals surface area contributed by atoms with Crippen LogP contribution in [0.15, 0.2) is 121 Å². The van der Waals surface area contributed by atoms with Crippen LogP contribution in [-0.4, -0.2) is 55.7 Å². The third kappa shape index (κ3) is 5.83. The van der Waals surface area contributed by atoms with Crippen LogP contribution >= 0.6 is 11.9 Å². The van der Waals surface area contributed by atoms with Gasteiger partial charge in [0.25, 0.3) is 0 Å². The van der Waals surface area contributed by atoms with Gasteiger partial charge in [-0.15, -0.1) is 0 Å². The van der Waals surface area contributed by atoms with E-state index in [-0.39, 0.29) is 25.7 Å². The molecule has 0 radical (unpaired) electrons. The molecule has 0 spiro atoms. The molecule has 7 heteroatoms. The normalized spacial score (nSPS) is 28.7. The van der Waals surface area contributed by atoms with Crippen molar-refractivity contribution in [3.05, 3.63) is 144 Å².